The van der Waals surface area contributed by atoms with Crippen molar-refractivity contribution in [2.45, 2.75) is 19.5 Å². The Morgan fingerprint density at radius 3 is 2.92 bits per heavy atom. The van der Waals surface area contributed by atoms with E-state index in [0.29, 0.717) is 22.7 Å². The van der Waals surface area contributed by atoms with Gasteiger partial charge < -0.3 is 14.5 Å². The van der Waals surface area contributed by atoms with Crippen molar-refractivity contribution in [3.05, 3.63) is 63.6 Å². The van der Waals surface area contributed by atoms with Crippen LogP contribution in [0.1, 0.15) is 12.0 Å². The number of ether oxygens (including phenoxy) is 1. The molecule has 25 heavy (non-hydrogen) atoms. The molecule has 130 valence electrons. The molecule has 0 saturated heterocycles. The largest absolute Gasteiger partial charge is 0.497 e. The van der Waals surface area contributed by atoms with E-state index in [2.05, 4.69) is 5.32 Å². The summed E-state index contributed by atoms with van der Waals surface area (Å²) in [6.07, 6.45) is 0.168. The van der Waals surface area contributed by atoms with Crippen LogP contribution in [-0.4, -0.2) is 17.6 Å². The number of fused-ring (bicyclic) bond motifs is 1. The highest BCUT2D eigenvalue weighted by atomic mass is 35.5. The molecule has 1 aromatic heterocycles. The van der Waals surface area contributed by atoms with Crippen LogP contribution in [0.4, 0.5) is 0 Å². The summed E-state index contributed by atoms with van der Waals surface area (Å²) in [5.74, 6) is 0.0812. The van der Waals surface area contributed by atoms with E-state index in [1.807, 2.05) is 24.3 Å². The van der Waals surface area contributed by atoms with Crippen LogP contribution in [0.15, 0.2) is 51.7 Å². The fourth-order valence-corrected chi connectivity index (χ4v) is 2.70. The minimum Gasteiger partial charge on any atom is -0.497 e. The maximum absolute atomic E-state index is 12.1. The van der Waals surface area contributed by atoms with Crippen molar-refractivity contribution >= 4 is 28.6 Å². The van der Waals surface area contributed by atoms with Gasteiger partial charge in [-0.3, -0.25) is 9.36 Å². The molecule has 1 heterocycles. The van der Waals surface area contributed by atoms with Gasteiger partial charge in [-0.05, 0) is 29.8 Å². The van der Waals surface area contributed by atoms with Crippen molar-refractivity contribution in [1.82, 2.24) is 9.88 Å². The fourth-order valence-electron chi connectivity index (χ4n) is 2.54. The second-order valence-corrected chi connectivity index (χ2v) is 5.95. The van der Waals surface area contributed by atoms with Crippen LogP contribution in [0.3, 0.4) is 0 Å². The minimum atomic E-state index is -0.502. The lowest BCUT2D eigenvalue weighted by atomic mass is 10.2. The normalized spacial score (nSPS) is 10.8. The molecule has 3 aromatic rings. The van der Waals surface area contributed by atoms with E-state index in [1.54, 1.807) is 25.3 Å². The van der Waals surface area contributed by atoms with E-state index in [1.165, 1.54) is 4.57 Å². The molecule has 2 aromatic carbocycles. The van der Waals surface area contributed by atoms with Gasteiger partial charge >= 0.3 is 5.76 Å². The summed E-state index contributed by atoms with van der Waals surface area (Å²) in [5, 5.41) is 3.32. The Labute approximate surface area is 149 Å². The van der Waals surface area contributed by atoms with Crippen molar-refractivity contribution in [2.24, 2.45) is 0 Å². The molecule has 0 fully saturated rings. The monoisotopic (exact) mass is 360 g/mol. The summed E-state index contributed by atoms with van der Waals surface area (Å²) in [6.45, 7) is 0.629. The highest BCUT2D eigenvalue weighted by Gasteiger charge is 2.11. The summed E-state index contributed by atoms with van der Waals surface area (Å²) in [6, 6.07) is 12.4. The van der Waals surface area contributed by atoms with Crippen LogP contribution in [0, 0.1) is 0 Å². The molecule has 0 radical (unpaired) electrons. The van der Waals surface area contributed by atoms with Crippen LogP contribution in [0.5, 0.6) is 5.75 Å². The Kier molecular flexibility index (Phi) is 5.09. The second kappa shape index (κ2) is 7.44. The molecule has 0 saturated carbocycles. The third-order valence-corrected chi connectivity index (χ3v) is 4.05. The van der Waals surface area contributed by atoms with Crippen molar-refractivity contribution in [2.75, 3.05) is 7.11 Å². The fraction of sp³-hybridized carbons (Fsp3) is 0.222. The first kappa shape index (κ1) is 17.1. The van der Waals surface area contributed by atoms with Gasteiger partial charge in [-0.1, -0.05) is 23.7 Å². The Bertz CT molecular complexity index is 961. The van der Waals surface area contributed by atoms with Gasteiger partial charge in [0.1, 0.15) is 5.75 Å². The molecule has 0 aliphatic heterocycles. The zero-order valence-electron chi connectivity index (χ0n) is 13.6. The van der Waals surface area contributed by atoms with Crippen molar-refractivity contribution in [1.29, 1.82) is 0 Å². The minimum absolute atomic E-state index is 0.155. The molecule has 0 unspecified atom stereocenters. The molecular formula is C18H17ClN2O4. The smallest absolute Gasteiger partial charge is 0.419 e. The Morgan fingerprint density at radius 2 is 2.12 bits per heavy atom. The average molecular weight is 361 g/mol. The third-order valence-electron chi connectivity index (χ3n) is 3.82. The van der Waals surface area contributed by atoms with Gasteiger partial charge in [0.25, 0.3) is 0 Å². The van der Waals surface area contributed by atoms with Gasteiger partial charge in [0.15, 0.2) is 5.58 Å². The van der Waals surface area contributed by atoms with Crippen molar-refractivity contribution in [3.63, 3.8) is 0 Å². The van der Waals surface area contributed by atoms with Crippen LogP contribution in [0.2, 0.25) is 5.02 Å². The summed E-state index contributed by atoms with van der Waals surface area (Å²) >= 11 is 5.88. The van der Waals surface area contributed by atoms with Gasteiger partial charge in [-0.15, -0.1) is 0 Å². The quantitative estimate of drug-likeness (QED) is 0.733. The number of hydrogen-bond donors (Lipinski definition) is 1. The zero-order valence-corrected chi connectivity index (χ0v) is 14.4. The number of nitrogens with one attached hydrogen (secondary N) is 1. The van der Waals surface area contributed by atoms with Crippen LogP contribution >= 0.6 is 11.6 Å². The van der Waals surface area contributed by atoms with Crippen LogP contribution in [-0.2, 0) is 17.9 Å². The molecule has 0 aliphatic carbocycles. The highest BCUT2D eigenvalue weighted by molar-refractivity contribution is 6.31. The number of aryl methyl sites for hydroxylation is 1. The first-order chi connectivity index (χ1) is 12.1. The first-order valence-electron chi connectivity index (χ1n) is 7.75. The summed E-state index contributed by atoms with van der Waals surface area (Å²) < 4.78 is 11.7. The number of amides is 1. The van der Waals surface area contributed by atoms with Crippen molar-refractivity contribution < 1.29 is 13.9 Å². The molecule has 1 amide bonds. The van der Waals surface area contributed by atoms with Crippen LogP contribution < -0.4 is 15.8 Å². The van der Waals surface area contributed by atoms with E-state index in [0.717, 1.165) is 11.3 Å². The topological polar surface area (TPSA) is 73.5 Å². The predicted molar refractivity (Wildman–Crippen MR) is 94.9 cm³/mol. The number of halogens is 1. The van der Waals surface area contributed by atoms with E-state index < -0.39 is 5.76 Å². The standard InChI is InChI=1S/C18H17ClN2O4/c1-24-14-4-2-3-12(9-14)11-20-17(22)7-8-21-15-6-5-13(19)10-16(15)25-18(21)23/h2-6,9-10H,7-8,11H2,1H3,(H,20,22). The Balaban J connectivity index is 1.61. The molecule has 0 aliphatic rings. The van der Waals surface area contributed by atoms with Crippen molar-refractivity contribution in [3.8, 4) is 5.75 Å². The third kappa shape index (κ3) is 4.03. The number of methoxy groups -OCH3 is 1. The number of nitrogens with zero attached hydrogens (tertiary/aromatic N) is 1. The SMILES string of the molecule is COc1cccc(CNC(=O)CCn2c(=O)oc3cc(Cl)ccc32)c1. The van der Waals surface area contributed by atoms with Gasteiger partial charge in [0.05, 0.1) is 12.6 Å². The number of oxazole rings is 1. The van der Waals surface area contributed by atoms with E-state index >= 15 is 0 Å². The number of carbonyl (C=O) groups is 1. The highest BCUT2D eigenvalue weighted by Crippen LogP contribution is 2.18. The Hall–Kier alpha value is -2.73. The number of aromatic nitrogens is 1. The van der Waals surface area contributed by atoms with E-state index in [4.69, 9.17) is 20.8 Å². The molecule has 6 nitrogen and oxygen atoms in total. The van der Waals surface area contributed by atoms with Gasteiger partial charge in [0.2, 0.25) is 5.91 Å². The average Bonchev–Trinajstić information content (AvgIpc) is 2.92. The molecular weight excluding hydrogens is 344 g/mol. The zero-order chi connectivity index (χ0) is 17.8. The number of carbonyl (C=O) groups excluding carboxylic acids is 1. The predicted octanol–water partition coefficient (Wildman–Crippen LogP) is 2.96. The van der Waals surface area contributed by atoms with Gasteiger partial charge in [-0.25, -0.2) is 4.79 Å². The maximum atomic E-state index is 12.1. The summed E-state index contributed by atoms with van der Waals surface area (Å²) in [5.41, 5.74) is 1.97. The molecule has 3 rings (SSSR count). The lowest BCUT2D eigenvalue weighted by Crippen LogP contribution is -2.25. The lowest BCUT2D eigenvalue weighted by Gasteiger charge is -2.07. The van der Waals surface area contributed by atoms with Gasteiger partial charge in [0, 0.05) is 30.6 Å². The summed E-state index contributed by atoms with van der Waals surface area (Å²) in [4.78, 5) is 24.0. The number of hydrogen-bond acceptors (Lipinski definition) is 4. The maximum Gasteiger partial charge on any atom is 0.419 e. The molecule has 0 bridgehead atoms. The lowest BCUT2D eigenvalue weighted by molar-refractivity contribution is -0.121. The number of benzene rings is 2. The molecule has 7 heteroatoms. The second-order valence-electron chi connectivity index (χ2n) is 5.51. The number of rotatable bonds is 6. The molecule has 1 N–H and O–H groups in total. The van der Waals surface area contributed by atoms with Crippen LogP contribution in [0.25, 0.3) is 11.1 Å². The molecule has 0 atom stereocenters. The summed E-state index contributed by atoms with van der Waals surface area (Å²) in [7, 11) is 1.60. The van der Waals surface area contributed by atoms with E-state index in [-0.39, 0.29) is 18.9 Å². The Morgan fingerprint density at radius 1 is 1.28 bits per heavy atom. The molecule has 0 spiro atoms. The van der Waals surface area contributed by atoms with E-state index in [9.17, 15) is 9.59 Å². The van der Waals surface area contributed by atoms with Gasteiger partial charge in [-0.2, -0.15) is 0 Å². The first-order valence-corrected chi connectivity index (χ1v) is 8.13.